The average molecular weight is 392 g/mol. The third-order valence-corrected chi connectivity index (χ3v) is 5.06. The van der Waals surface area contributed by atoms with E-state index >= 15 is 0 Å². The molecule has 0 saturated carbocycles. The maximum absolute atomic E-state index is 14.2. The number of nitrogens with zero attached hydrogens (tertiary/aromatic N) is 2. The number of aryl methyl sites for hydroxylation is 2. The number of fused-ring (bicyclic) bond motifs is 1. The molecule has 1 aliphatic rings. The number of rotatable bonds is 2. The Balaban J connectivity index is 2.18. The largest absolute Gasteiger partial charge is 0.465 e. The minimum Gasteiger partial charge on any atom is -0.465 e. The van der Waals surface area contributed by atoms with Crippen LogP contribution >= 0.6 is 0 Å². The van der Waals surface area contributed by atoms with Gasteiger partial charge < -0.3 is 10.0 Å². The SMILES string of the molecule is CCC1CN(C(=O)c2cc(F)c(F)cc2F)c2cc(C)c(C)cc2N1C(=O)O. The summed E-state index contributed by atoms with van der Waals surface area (Å²) >= 11 is 0. The van der Waals surface area contributed by atoms with Crippen molar-refractivity contribution in [2.75, 3.05) is 16.3 Å². The first-order chi connectivity index (χ1) is 13.1. The molecule has 0 radical (unpaired) electrons. The molecule has 0 spiro atoms. The smallest absolute Gasteiger partial charge is 0.412 e. The summed E-state index contributed by atoms with van der Waals surface area (Å²) in [5.74, 6) is -4.75. The van der Waals surface area contributed by atoms with Gasteiger partial charge >= 0.3 is 6.09 Å². The van der Waals surface area contributed by atoms with Crippen LogP contribution in [0.1, 0.15) is 34.8 Å². The number of carbonyl (C=O) groups is 2. The van der Waals surface area contributed by atoms with Gasteiger partial charge in [-0.2, -0.15) is 0 Å². The fourth-order valence-electron chi connectivity index (χ4n) is 3.38. The number of anilines is 2. The third-order valence-electron chi connectivity index (χ3n) is 5.06. The van der Waals surface area contributed by atoms with Crippen LogP contribution in [0.5, 0.6) is 0 Å². The lowest BCUT2D eigenvalue weighted by Crippen LogP contribution is -2.53. The van der Waals surface area contributed by atoms with Crippen molar-refractivity contribution in [2.24, 2.45) is 0 Å². The van der Waals surface area contributed by atoms with Crippen molar-refractivity contribution >= 4 is 23.4 Å². The number of amides is 2. The number of carboxylic acid groups (broad SMARTS) is 1. The van der Waals surface area contributed by atoms with Crippen LogP contribution in [0.2, 0.25) is 0 Å². The van der Waals surface area contributed by atoms with Crippen molar-refractivity contribution in [3.63, 3.8) is 0 Å². The topological polar surface area (TPSA) is 60.9 Å². The molecule has 28 heavy (non-hydrogen) atoms. The molecule has 1 unspecified atom stereocenters. The van der Waals surface area contributed by atoms with E-state index in [1.165, 1.54) is 9.80 Å². The summed E-state index contributed by atoms with van der Waals surface area (Å²) in [6.07, 6.45) is -0.759. The van der Waals surface area contributed by atoms with E-state index in [2.05, 4.69) is 0 Å². The van der Waals surface area contributed by atoms with E-state index in [1.807, 2.05) is 6.92 Å². The number of carbonyl (C=O) groups excluding carboxylic acids is 1. The van der Waals surface area contributed by atoms with Crippen molar-refractivity contribution in [3.05, 3.63) is 58.4 Å². The molecule has 1 atom stereocenters. The summed E-state index contributed by atoms with van der Waals surface area (Å²) in [7, 11) is 0. The number of benzene rings is 2. The van der Waals surface area contributed by atoms with Crippen LogP contribution < -0.4 is 9.80 Å². The first-order valence-electron chi connectivity index (χ1n) is 8.75. The van der Waals surface area contributed by atoms with E-state index in [0.717, 1.165) is 11.1 Å². The second-order valence-corrected chi connectivity index (χ2v) is 6.80. The average Bonchev–Trinajstić information content (AvgIpc) is 2.63. The van der Waals surface area contributed by atoms with Crippen LogP contribution in [0.3, 0.4) is 0 Å². The van der Waals surface area contributed by atoms with Gasteiger partial charge in [-0.25, -0.2) is 18.0 Å². The van der Waals surface area contributed by atoms with Crippen LogP contribution in [0.15, 0.2) is 24.3 Å². The minimum absolute atomic E-state index is 0.0322. The highest BCUT2D eigenvalue weighted by atomic mass is 19.2. The lowest BCUT2D eigenvalue weighted by atomic mass is 9.99. The van der Waals surface area contributed by atoms with Gasteiger partial charge in [-0.15, -0.1) is 0 Å². The lowest BCUT2D eigenvalue weighted by Gasteiger charge is -2.41. The maximum atomic E-state index is 14.2. The zero-order chi connectivity index (χ0) is 20.7. The summed E-state index contributed by atoms with van der Waals surface area (Å²) in [5.41, 5.74) is 1.60. The Kier molecular flexibility index (Phi) is 5.06. The monoisotopic (exact) mass is 392 g/mol. The summed E-state index contributed by atoms with van der Waals surface area (Å²) in [4.78, 5) is 27.3. The van der Waals surface area contributed by atoms with Gasteiger partial charge in [0.2, 0.25) is 0 Å². The zero-order valence-corrected chi connectivity index (χ0v) is 15.6. The van der Waals surface area contributed by atoms with E-state index in [-0.39, 0.29) is 12.2 Å². The molecule has 1 heterocycles. The second kappa shape index (κ2) is 7.18. The van der Waals surface area contributed by atoms with Gasteiger partial charge in [-0.05, 0) is 49.6 Å². The van der Waals surface area contributed by atoms with Gasteiger partial charge in [0.15, 0.2) is 11.6 Å². The van der Waals surface area contributed by atoms with Gasteiger partial charge in [0, 0.05) is 12.6 Å². The molecule has 0 bridgehead atoms. The van der Waals surface area contributed by atoms with Gasteiger partial charge in [0.25, 0.3) is 5.91 Å². The van der Waals surface area contributed by atoms with Crippen molar-refractivity contribution in [1.29, 1.82) is 0 Å². The standard InChI is InChI=1S/C20H19F3N2O3/c1-4-12-9-24(19(26)13-7-15(22)16(23)8-14(13)21)17-5-10(2)11(3)6-18(17)25(12)20(27)28/h5-8,12H,4,9H2,1-3H3,(H,27,28). The molecule has 148 valence electrons. The van der Waals surface area contributed by atoms with Crippen LogP contribution in [-0.4, -0.2) is 29.7 Å². The number of hydrogen-bond acceptors (Lipinski definition) is 2. The molecule has 2 amide bonds. The highest BCUT2D eigenvalue weighted by molar-refractivity contribution is 6.10. The summed E-state index contributed by atoms with van der Waals surface area (Å²) in [6.45, 7) is 5.35. The van der Waals surface area contributed by atoms with E-state index in [4.69, 9.17) is 0 Å². The Morgan fingerprint density at radius 3 is 2.14 bits per heavy atom. The van der Waals surface area contributed by atoms with Crippen molar-refractivity contribution in [2.45, 2.75) is 33.2 Å². The van der Waals surface area contributed by atoms with Crippen molar-refractivity contribution in [3.8, 4) is 0 Å². The molecule has 3 rings (SSSR count). The molecule has 2 aromatic rings. The Morgan fingerprint density at radius 1 is 1.00 bits per heavy atom. The van der Waals surface area contributed by atoms with Crippen LogP contribution in [0.4, 0.5) is 29.3 Å². The lowest BCUT2D eigenvalue weighted by molar-refractivity contribution is 0.0978. The second-order valence-electron chi connectivity index (χ2n) is 6.80. The molecule has 1 aliphatic heterocycles. The third kappa shape index (κ3) is 3.19. The Morgan fingerprint density at radius 2 is 1.57 bits per heavy atom. The molecule has 1 N–H and O–H groups in total. The van der Waals surface area contributed by atoms with E-state index in [0.29, 0.717) is 24.2 Å². The highest BCUT2D eigenvalue weighted by Crippen LogP contribution is 2.39. The quantitative estimate of drug-likeness (QED) is 0.757. The predicted octanol–water partition coefficient (Wildman–Crippen LogP) is 4.64. The van der Waals surface area contributed by atoms with Gasteiger partial charge in [-0.1, -0.05) is 6.92 Å². The van der Waals surface area contributed by atoms with Crippen molar-refractivity contribution in [1.82, 2.24) is 0 Å². The fourth-order valence-corrected chi connectivity index (χ4v) is 3.38. The molecular weight excluding hydrogens is 373 g/mol. The Hall–Kier alpha value is -3.03. The highest BCUT2D eigenvalue weighted by Gasteiger charge is 2.37. The Bertz CT molecular complexity index is 978. The Labute approximate surface area is 160 Å². The number of halogens is 3. The fraction of sp³-hybridized carbons (Fsp3) is 0.300. The zero-order valence-electron chi connectivity index (χ0n) is 15.6. The molecule has 0 aromatic heterocycles. The van der Waals surface area contributed by atoms with Crippen LogP contribution in [-0.2, 0) is 0 Å². The van der Waals surface area contributed by atoms with Crippen molar-refractivity contribution < 1.29 is 27.9 Å². The molecule has 0 saturated heterocycles. The van der Waals surface area contributed by atoms with E-state index < -0.39 is 41.1 Å². The molecular formula is C20H19F3N2O3. The minimum atomic E-state index is -1.39. The first kappa shape index (κ1) is 19.7. The summed E-state index contributed by atoms with van der Waals surface area (Å²) in [5, 5.41) is 9.67. The van der Waals surface area contributed by atoms with Crippen LogP contribution in [0, 0.1) is 31.3 Å². The summed E-state index contributed by atoms with van der Waals surface area (Å²) in [6, 6.07) is 3.59. The molecule has 8 heteroatoms. The molecule has 5 nitrogen and oxygen atoms in total. The number of hydrogen-bond donors (Lipinski definition) is 1. The van der Waals surface area contributed by atoms with Gasteiger partial charge in [0.1, 0.15) is 5.82 Å². The maximum Gasteiger partial charge on any atom is 0.412 e. The predicted molar refractivity (Wildman–Crippen MR) is 98.5 cm³/mol. The van der Waals surface area contributed by atoms with Crippen LogP contribution in [0.25, 0.3) is 0 Å². The normalized spacial score (nSPS) is 16.1. The van der Waals surface area contributed by atoms with Gasteiger partial charge in [-0.3, -0.25) is 9.69 Å². The first-order valence-corrected chi connectivity index (χ1v) is 8.75. The molecule has 2 aromatic carbocycles. The van der Waals surface area contributed by atoms with Gasteiger partial charge in [0.05, 0.1) is 23.0 Å². The molecule has 0 fully saturated rings. The summed E-state index contributed by atoms with van der Waals surface area (Å²) < 4.78 is 41.0. The van der Waals surface area contributed by atoms with E-state index in [1.54, 1.807) is 26.0 Å². The molecule has 0 aliphatic carbocycles. The van der Waals surface area contributed by atoms with E-state index in [9.17, 15) is 27.9 Å².